The van der Waals surface area contributed by atoms with Crippen molar-refractivity contribution in [1.29, 1.82) is 0 Å². The Morgan fingerprint density at radius 1 is 1.03 bits per heavy atom. The van der Waals surface area contributed by atoms with Crippen LogP contribution in [-0.4, -0.2) is 36.5 Å². The molecule has 0 fully saturated rings. The van der Waals surface area contributed by atoms with Gasteiger partial charge in [-0.2, -0.15) is 10.1 Å². The third kappa shape index (κ3) is 4.60. The number of aliphatic imine (C=N–C) groups is 1. The highest BCUT2D eigenvalue weighted by atomic mass is 19.1. The lowest BCUT2D eigenvalue weighted by Gasteiger charge is -2.16. The summed E-state index contributed by atoms with van der Waals surface area (Å²) < 4.78 is 16.8. The zero-order valence-corrected chi connectivity index (χ0v) is 21.1. The molecule has 1 unspecified atom stereocenters. The van der Waals surface area contributed by atoms with Crippen molar-refractivity contribution in [3.8, 4) is 16.8 Å². The van der Waals surface area contributed by atoms with Gasteiger partial charge in [-0.3, -0.25) is 4.79 Å². The van der Waals surface area contributed by atoms with Gasteiger partial charge in [0.2, 0.25) is 5.78 Å². The number of rotatable bonds is 7. The summed E-state index contributed by atoms with van der Waals surface area (Å²) in [6, 6.07) is 21.4. The molecule has 1 atom stereocenters. The van der Waals surface area contributed by atoms with Gasteiger partial charge in [-0.25, -0.2) is 28.8 Å². The number of hydrogen-bond acceptors (Lipinski definition) is 7. The SMILES string of the molecule is CCCc1c(Cc2ccc(-c3ccccc3C3=NC(O)ON3)cc2)c(=O)n(-c2ccc(F)cc2)c2ncnn12. The average Bonchev–Trinajstić information content (AvgIpc) is 3.61. The van der Waals surface area contributed by atoms with Gasteiger partial charge in [0, 0.05) is 17.5 Å². The molecule has 10 heteroatoms. The van der Waals surface area contributed by atoms with Crippen LogP contribution in [0, 0.1) is 5.82 Å². The fraction of sp³-hybridized carbons (Fsp3) is 0.172. The molecule has 5 aromatic rings. The smallest absolute Gasteiger partial charge is 0.280 e. The van der Waals surface area contributed by atoms with Crippen molar-refractivity contribution >= 4 is 11.6 Å². The lowest BCUT2D eigenvalue weighted by atomic mass is 9.96. The van der Waals surface area contributed by atoms with Crippen molar-refractivity contribution in [1.82, 2.24) is 24.6 Å². The molecule has 2 aromatic heterocycles. The lowest BCUT2D eigenvalue weighted by Crippen LogP contribution is -2.28. The Hall–Kier alpha value is -4.67. The first kappa shape index (κ1) is 24.7. The third-order valence-electron chi connectivity index (χ3n) is 6.70. The number of halogens is 1. The number of aliphatic hydroxyl groups is 1. The number of aromatic nitrogens is 4. The molecule has 196 valence electrons. The summed E-state index contributed by atoms with van der Waals surface area (Å²) in [5.74, 6) is 0.463. The van der Waals surface area contributed by atoms with Crippen molar-refractivity contribution in [3.63, 3.8) is 0 Å². The molecule has 39 heavy (non-hydrogen) atoms. The Kier molecular flexibility index (Phi) is 6.47. The number of nitrogens with zero attached hydrogens (tertiary/aromatic N) is 5. The molecular weight excluding hydrogens is 499 g/mol. The number of amidine groups is 1. The monoisotopic (exact) mass is 524 g/mol. The quantitative estimate of drug-likeness (QED) is 0.336. The maximum absolute atomic E-state index is 13.9. The minimum atomic E-state index is -1.24. The Balaban J connectivity index is 1.41. The van der Waals surface area contributed by atoms with E-state index in [-0.39, 0.29) is 11.4 Å². The van der Waals surface area contributed by atoms with Gasteiger partial charge in [0.1, 0.15) is 12.1 Å². The van der Waals surface area contributed by atoms with Gasteiger partial charge in [-0.05, 0) is 47.4 Å². The van der Waals surface area contributed by atoms with Gasteiger partial charge in [0.15, 0.2) is 5.84 Å². The van der Waals surface area contributed by atoms with E-state index in [9.17, 15) is 14.3 Å². The molecule has 9 nitrogen and oxygen atoms in total. The lowest BCUT2D eigenvalue weighted by molar-refractivity contribution is -0.102. The molecule has 1 aliphatic rings. The Bertz CT molecular complexity index is 1740. The summed E-state index contributed by atoms with van der Waals surface area (Å²) in [5, 5.41) is 14.0. The van der Waals surface area contributed by atoms with Crippen LogP contribution in [0.4, 0.5) is 4.39 Å². The van der Waals surface area contributed by atoms with E-state index >= 15 is 0 Å². The first-order valence-corrected chi connectivity index (χ1v) is 12.6. The predicted molar refractivity (Wildman–Crippen MR) is 144 cm³/mol. The summed E-state index contributed by atoms with van der Waals surface area (Å²) >= 11 is 0. The van der Waals surface area contributed by atoms with Crippen molar-refractivity contribution in [2.24, 2.45) is 4.99 Å². The molecule has 1 aliphatic heterocycles. The van der Waals surface area contributed by atoms with E-state index < -0.39 is 6.41 Å². The standard InChI is InChI=1S/C29H25FN6O3/c1-2-5-25-24(27(37)35(28-31-17-32-36(25)28)21-14-12-20(30)13-15-21)16-18-8-10-19(11-9-18)22-6-3-4-7-23(22)26-33-29(38)39-34-26/h3-4,6-15,17,29,38H,2,5,16H2,1H3,(H,33,34). The molecule has 6 rings (SSSR count). The van der Waals surface area contributed by atoms with Crippen molar-refractivity contribution in [2.75, 3.05) is 0 Å². The molecule has 2 N–H and O–H groups in total. The molecule has 3 heterocycles. The van der Waals surface area contributed by atoms with E-state index in [0.29, 0.717) is 35.7 Å². The first-order valence-electron chi connectivity index (χ1n) is 12.6. The molecule has 3 aromatic carbocycles. The second kappa shape index (κ2) is 10.2. The normalized spacial score (nSPS) is 14.9. The van der Waals surface area contributed by atoms with E-state index in [2.05, 4.69) is 27.5 Å². The van der Waals surface area contributed by atoms with E-state index in [0.717, 1.165) is 34.4 Å². The van der Waals surface area contributed by atoms with Gasteiger partial charge >= 0.3 is 0 Å². The number of hydrogen-bond donors (Lipinski definition) is 2. The van der Waals surface area contributed by atoms with Crippen LogP contribution < -0.4 is 11.0 Å². The number of fused-ring (bicyclic) bond motifs is 1. The highest BCUT2D eigenvalue weighted by Crippen LogP contribution is 2.26. The van der Waals surface area contributed by atoms with Crippen LogP contribution in [0.25, 0.3) is 22.6 Å². The second-order valence-electron chi connectivity index (χ2n) is 9.21. The number of benzene rings is 3. The first-order chi connectivity index (χ1) is 19.0. The Morgan fingerprint density at radius 3 is 2.46 bits per heavy atom. The van der Waals surface area contributed by atoms with Crippen molar-refractivity contribution in [3.05, 3.63) is 118 Å². The minimum Gasteiger partial charge on any atom is -0.348 e. The predicted octanol–water partition coefficient (Wildman–Crippen LogP) is 3.79. The molecular formula is C29H25FN6O3. The molecule has 0 aliphatic carbocycles. The van der Waals surface area contributed by atoms with E-state index in [1.165, 1.54) is 23.0 Å². The number of hydroxylamine groups is 1. The van der Waals surface area contributed by atoms with Gasteiger partial charge < -0.3 is 5.11 Å². The number of nitrogens with one attached hydrogen (secondary N) is 1. The van der Waals surface area contributed by atoms with Crippen LogP contribution in [0.5, 0.6) is 0 Å². The maximum Gasteiger partial charge on any atom is 0.280 e. The highest BCUT2D eigenvalue weighted by molar-refractivity contribution is 6.04. The number of aliphatic hydroxyl groups excluding tert-OH is 1. The third-order valence-corrected chi connectivity index (χ3v) is 6.70. The van der Waals surface area contributed by atoms with E-state index in [1.54, 1.807) is 16.6 Å². The molecule has 0 spiro atoms. The van der Waals surface area contributed by atoms with Crippen molar-refractivity contribution in [2.45, 2.75) is 32.6 Å². The maximum atomic E-state index is 13.9. The zero-order valence-electron chi connectivity index (χ0n) is 21.1. The van der Waals surface area contributed by atoms with Gasteiger partial charge in [-0.15, -0.1) is 0 Å². The van der Waals surface area contributed by atoms with Crippen molar-refractivity contribution < 1.29 is 14.3 Å². The summed E-state index contributed by atoms with van der Waals surface area (Å²) in [7, 11) is 0. The summed E-state index contributed by atoms with van der Waals surface area (Å²) in [6.07, 6.45) is 2.06. The second-order valence-corrected chi connectivity index (χ2v) is 9.21. The topological polar surface area (TPSA) is 106 Å². The van der Waals surface area contributed by atoms with E-state index in [4.69, 9.17) is 4.84 Å². The fourth-order valence-corrected chi connectivity index (χ4v) is 4.89. The van der Waals surface area contributed by atoms with Crippen LogP contribution in [-0.2, 0) is 17.7 Å². The summed E-state index contributed by atoms with van der Waals surface area (Å²) in [5.41, 5.74) is 8.02. The minimum absolute atomic E-state index is 0.205. The number of aryl methyl sites for hydroxylation is 1. The van der Waals surface area contributed by atoms with Gasteiger partial charge in [0.05, 0.1) is 11.4 Å². The molecule has 0 bridgehead atoms. The van der Waals surface area contributed by atoms with Crippen LogP contribution in [0.2, 0.25) is 0 Å². The average molecular weight is 525 g/mol. The Labute approximate surface area is 222 Å². The summed E-state index contributed by atoms with van der Waals surface area (Å²) in [6.45, 7) is 2.05. The largest absolute Gasteiger partial charge is 0.348 e. The van der Waals surface area contributed by atoms with Gasteiger partial charge in [-0.1, -0.05) is 61.9 Å². The molecule has 0 saturated heterocycles. The van der Waals surface area contributed by atoms with Gasteiger partial charge in [0.25, 0.3) is 12.0 Å². The van der Waals surface area contributed by atoms with Crippen LogP contribution in [0.3, 0.4) is 0 Å². The molecule has 0 saturated carbocycles. The van der Waals surface area contributed by atoms with Crippen LogP contribution in [0.15, 0.2) is 88.9 Å². The molecule has 0 amide bonds. The Morgan fingerprint density at radius 2 is 1.77 bits per heavy atom. The van der Waals surface area contributed by atoms with E-state index in [1.807, 2.05) is 48.5 Å². The van der Waals surface area contributed by atoms with Crippen LogP contribution >= 0.6 is 0 Å². The molecule has 0 radical (unpaired) electrons. The van der Waals surface area contributed by atoms with Crippen LogP contribution in [0.1, 0.15) is 35.7 Å². The summed E-state index contributed by atoms with van der Waals surface area (Å²) in [4.78, 5) is 27.3. The fourth-order valence-electron chi connectivity index (χ4n) is 4.89. The highest BCUT2D eigenvalue weighted by Gasteiger charge is 2.21. The zero-order chi connectivity index (χ0) is 26.9.